The van der Waals surface area contributed by atoms with Crippen molar-refractivity contribution >= 4 is 199 Å². The lowest BCUT2D eigenvalue weighted by Gasteiger charge is -2.33. The van der Waals surface area contributed by atoms with Gasteiger partial charge in [-0.15, -0.1) is 0 Å². The van der Waals surface area contributed by atoms with E-state index in [0.717, 1.165) is 68.2 Å². The normalized spacial score (nSPS) is 11.8. The molecule has 144 heavy (non-hydrogen) atoms. The second kappa shape index (κ2) is 37.7. The Balaban J connectivity index is 0.000000124. The van der Waals surface area contributed by atoms with Crippen LogP contribution in [0.15, 0.2) is 437 Å². The van der Waals surface area contributed by atoms with Crippen LogP contribution in [0.4, 0.5) is 102 Å². The van der Waals surface area contributed by atoms with E-state index in [1.807, 2.05) is 0 Å². The first-order valence-corrected chi connectivity index (χ1v) is 50.6. The molecule has 0 radical (unpaired) electrons. The molecular weight excluding hydrogens is 1740 g/mol. The highest BCUT2D eigenvalue weighted by atomic mass is 15.2. The Bertz CT molecular complexity index is 8160. The van der Waals surface area contributed by atoms with E-state index < -0.39 is 0 Å². The van der Waals surface area contributed by atoms with Gasteiger partial charge in [0, 0.05) is 101 Å². The summed E-state index contributed by atoms with van der Waals surface area (Å²) in [5.41, 5.74) is 35.9. The second-order valence-corrected chi connectivity index (χ2v) is 41.7. The zero-order chi connectivity index (χ0) is 99.1. The number of anilines is 18. The zero-order valence-electron chi connectivity index (χ0n) is 85.3. The van der Waals surface area contributed by atoms with Crippen LogP contribution in [-0.2, 0) is 10.8 Å². The molecule has 0 aromatic heterocycles. The summed E-state index contributed by atoms with van der Waals surface area (Å²) in [4.78, 5) is 14.5. The van der Waals surface area contributed by atoms with Gasteiger partial charge in [0.2, 0.25) is 0 Å². The lowest BCUT2D eigenvalue weighted by atomic mass is 9.77. The fraction of sp³-hybridized carbons (Fsp3) is 0.130. The third kappa shape index (κ3) is 17.4. The summed E-state index contributed by atoms with van der Waals surface area (Å²) >= 11 is 0. The van der Waals surface area contributed by atoms with Crippen LogP contribution in [0.5, 0.6) is 0 Å². The Morgan fingerprint density at radius 2 is 0.312 bits per heavy atom. The molecule has 0 aliphatic carbocycles. The minimum atomic E-state index is -0.102. The molecule has 0 bridgehead atoms. The van der Waals surface area contributed by atoms with Gasteiger partial charge >= 0.3 is 0 Å². The monoisotopic (exact) mass is 1860 g/mol. The van der Waals surface area contributed by atoms with Crippen molar-refractivity contribution in [2.75, 3.05) is 29.4 Å². The number of hydrogen-bond donors (Lipinski definition) is 0. The molecule has 0 fully saturated rings. The third-order valence-electron chi connectivity index (χ3n) is 29.0. The Labute approximate surface area is 847 Å². The van der Waals surface area contributed by atoms with Gasteiger partial charge in [-0.25, -0.2) is 0 Å². The van der Waals surface area contributed by atoms with Gasteiger partial charge in [-0.2, -0.15) is 0 Å². The highest BCUT2D eigenvalue weighted by Gasteiger charge is 2.33. The van der Waals surface area contributed by atoms with Gasteiger partial charge in [0.05, 0.1) is 34.1 Å². The molecule has 0 amide bonds. The van der Waals surface area contributed by atoms with E-state index in [9.17, 15) is 0 Å². The van der Waals surface area contributed by atoms with Crippen LogP contribution in [0.25, 0.3) is 97.0 Å². The van der Waals surface area contributed by atoms with E-state index in [1.165, 1.54) is 198 Å². The van der Waals surface area contributed by atoms with Crippen LogP contribution < -0.4 is 29.4 Å². The summed E-state index contributed by atoms with van der Waals surface area (Å²) < 4.78 is 0. The molecule has 0 aliphatic rings. The molecular formula is C138H120N6. The standard InChI is InChI=1S/C52H52N2.C44H36N2.C42H32N2/c1-33-11-19-37(20-12-33)53(38-21-13-34(2)14-22-38)47-31-45(51(5,6)7)41-28-30-44-48(32-46(52(8,9)10)42-27-29-43(47)49(41)50(42)44)54(39-23-15-35(3)16-24-39)40-25-17-36(4)18-26-40;1-29-9-5-13-35(25-29)45(36-14-6-10-30(2)26-36)41-23-19-33-18-22-40-42(24-20-34-17-21-39(41)43(33)44(34)40)46(37-15-7-11-31(3)27-37)38-16-8-12-32(4)28-38;1-29-13-21-35(22-14-29)43(33-9-5-3-6-10-33)39-27-19-31-17-18-32-20-28-40(38-26-25-37(39)41(31)42(32)38)44(34-11-7-4-8-12-34)36-23-15-30(2)16-24-36/h11-32H,1-10H3;5-28H,1-4H3;3-28H,1-2H3. The van der Waals surface area contributed by atoms with Gasteiger partial charge in [0.15, 0.2) is 0 Å². The molecule has 0 saturated heterocycles. The maximum absolute atomic E-state index is 2.47. The number of benzene rings is 24. The first-order chi connectivity index (χ1) is 69.8. The lowest BCUT2D eigenvalue weighted by Crippen LogP contribution is -2.17. The summed E-state index contributed by atoms with van der Waals surface area (Å²) in [7, 11) is 0. The van der Waals surface area contributed by atoms with Crippen LogP contribution in [-0.4, -0.2) is 0 Å². The lowest BCUT2D eigenvalue weighted by molar-refractivity contribution is 0.595. The molecule has 0 heterocycles. The van der Waals surface area contributed by atoms with Crippen molar-refractivity contribution in [3.63, 3.8) is 0 Å². The molecule has 702 valence electrons. The number of para-hydroxylation sites is 2. The first-order valence-electron chi connectivity index (χ1n) is 50.6. The summed E-state index contributed by atoms with van der Waals surface area (Å²) in [6, 6.07) is 161. The van der Waals surface area contributed by atoms with Gasteiger partial charge < -0.3 is 29.4 Å². The highest BCUT2D eigenvalue weighted by molar-refractivity contribution is 6.32. The molecule has 6 heteroatoms. The van der Waals surface area contributed by atoms with Crippen molar-refractivity contribution < 1.29 is 0 Å². The Hall–Kier alpha value is -16.8. The van der Waals surface area contributed by atoms with Crippen molar-refractivity contribution in [3.05, 3.63) is 504 Å². The van der Waals surface area contributed by atoms with E-state index >= 15 is 0 Å². The average molecular weight is 1860 g/mol. The zero-order valence-corrected chi connectivity index (χ0v) is 85.3. The van der Waals surface area contributed by atoms with Crippen LogP contribution in [0.1, 0.15) is 108 Å². The van der Waals surface area contributed by atoms with Gasteiger partial charge in [0.1, 0.15) is 0 Å². The molecule has 0 N–H and O–H groups in total. The molecule has 6 nitrogen and oxygen atoms in total. The molecule has 0 atom stereocenters. The number of rotatable bonds is 18. The highest BCUT2D eigenvalue weighted by Crippen LogP contribution is 2.56. The Morgan fingerprint density at radius 1 is 0.132 bits per heavy atom. The maximum Gasteiger partial charge on any atom is 0.0543 e. The van der Waals surface area contributed by atoms with Crippen molar-refractivity contribution in [1.82, 2.24) is 0 Å². The molecule has 0 spiro atoms. The third-order valence-corrected chi connectivity index (χ3v) is 29.0. The predicted molar refractivity (Wildman–Crippen MR) is 623 cm³/mol. The Morgan fingerprint density at radius 3 is 0.542 bits per heavy atom. The van der Waals surface area contributed by atoms with E-state index in [1.54, 1.807) is 0 Å². The molecule has 0 unspecified atom stereocenters. The predicted octanol–water partition coefficient (Wildman–Crippen LogP) is 40.2. The smallest absolute Gasteiger partial charge is 0.0543 e. The summed E-state index contributed by atoms with van der Waals surface area (Å²) in [6.45, 7) is 35.7. The van der Waals surface area contributed by atoms with Crippen LogP contribution in [0, 0.1) is 69.2 Å². The van der Waals surface area contributed by atoms with Crippen LogP contribution >= 0.6 is 0 Å². The maximum atomic E-state index is 2.47. The van der Waals surface area contributed by atoms with Gasteiger partial charge in [-0.3, -0.25) is 0 Å². The van der Waals surface area contributed by atoms with Crippen molar-refractivity contribution in [2.45, 2.75) is 122 Å². The fourth-order valence-corrected chi connectivity index (χ4v) is 21.8. The fourth-order valence-electron chi connectivity index (χ4n) is 21.8. The van der Waals surface area contributed by atoms with E-state index in [4.69, 9.17) is 0 Å². The minimum Gasteiger partial charge on any atom is -0.310 e. The Kier molecular flexibility index (Phi) is 24.1. The molecule has 24 aromatic rings. The van der Waals surface area contributed by atoms with Gasteiger partial charge in [-0.05, 0) is 360 Å². The minimum absolute atomic E-state index is 0.102. The molecule has 0 aliphatic heterocycles. The van der Waals surface area contributed by atoms with Crippen LogP contribution in [0.2, 0.25) is 0 Å². The summed E-state index contributed by atoms with van der Waals surface area (Å²) in [6.07, 6.45) is 0. The molecule has 24 aromatic carbocycles. The summed E-state index contributed by atoms with van der Waals surface area (Å²) in [5.74, 6) is 0. The topological polar surface area (TPSA) is 19.4 Å². The van der Waals surface area contributed by atoms with Crippen LogP contribution in [0.3, 0.4) is 0 Å². The van der Waals surface area contributed by atoms with Crippen molar-refractivity contribution in [3.8, 4) is 0 Å². The second-order valence-electron chi connectivity index (χ2n) is 41.7. The SMILES string of the molecule is Cc1ccc(N(c2ccc(C)cc2)c2cc(C(C)(C)C)c3ccc4c(N(c5ccc(C)cc5)c5ccc(C)cc5)cc(C(C)(C)C)c5ccc2c3c45)cc1.Cc1ccc(N(c2ccccc2)c2ccc3ccc4ccc(N(c5ccccc5)c5ccc(C)cc5)c5ccc2c3c45)cc1.Cc1cccc(N(c2cccc(C)c2)c2ccc3ccc4c(N(c5cccc(C)c5)c5cccc(C)c5)ccc5ccc2c3c54)c1. The number of nitrogens with zero attached hydrogens (tertiary/aromatic N) is 6. The molecule has 24 rings (SSSR count). The first kappa shape index (κ1) is 92.2. The largest absolute Gasteiger partial charge is 0.310 e. The average Bonchev–Trinajstić information content (AvgIpc) is 0.703. The van der Waals surface area contributed by atoms with Crippen molar-refractivity contribution in [2.24, 2.45) is 0 Å². The van der Waals surface area contributed by atoms with Gasteiger partial charge in [0.25, 0.3) is 0 Å². The van der Waals surface area contributed by atoms with E-state index in [0.29, 0.717) is 0 Å². The van der Waals surface area contributed by atoms with E-state index in [2.05, 4.69) is 577 Å². The van der Waals surface area contributed by atoms with Gasteiger partial charge in [-0.1, -0.05) is 330 Å². The summed E-state index contributed by atoms with van der Waals surface area (Å²) in [5, 5.41) is 23.0. The van der Waals surface area contributed by atoms with Crippen molar-refractivity contribution in [1.29, 1.82) is 0 Å². The number of aryl methyl sites for hydroxylation is 10. The molecule has 0 saturated carbocycles. The quantitative estimate of drug-likeness (QED) is 0.0792. The number of hydrogen-bond acceptors (Lipinski definition) is 6. The van der Waals surface area contributed by atoms with E-state index in [-0.39, 0.29) is 10.8 Å².